The van der Waals surface area contributed by atoms with Gasteiger partial charge in [-0.2, -0.15) is 0 Å². The number of methoxy groups -OCH3 is 1. The van der Waals surface area contributed by atoms with Crippen LogP contribution in [0.4, 0.5) is 0 Å². The molecule has 0 saturated heterocycles. The molecule has 3 rings (SSSR count). The zero-order valence-corrected chi connectivity index (χ0v) is 12.9. The topological polar surface area (TPSA) is 26.3 Å². The van der Waals surface area contributed by atoms with E-state index < -0.39 is 0 Å². The van der Waals surface area contributed by atoms with Crippen LogP contribution in [0.3, 0.4) is 0 Å². The normalized spacial score (nSPS) is 15.3. The van der Waals surface area contributed by atoms with Gasteiger partial charge < -0.3 is 4.74 Å². The Morgan fingerprint density at radius 3 is 2.57 bits per heavy atom. The minimum Gasteiger partial charge on any atom is -0.497 e. The van der Waals surface area contributed by atoms with Crippen molar-refractivity contribution in [3.8, 4) is 5.75 Å². The summed E-state index contributed by atoms with van der Waals surface area (Å²) in [6.45, 7) is 2.12. The van der Waals surface area contributed by atoms with E-state index in [1.807, 2.05) is 42.5 Å². The predicted molar refractivity (Wildman–Crippen MR) is 87.0 cm³/mol. The van der Waals surface area contributed by atoms with Crippen molar-refractivity contribution in [3.63, 3.8) is 0 Å². The fourth-order valence-corrected chi connectivity index (χ4v) is 3.63. The quantitative estimate of drug-likeness (QED) is 0.775. The second-order valence-electron chi connectivity index (χ2n) is 4.86. The molecule has 0 spiro atoms. The highest BCUT2D eigenvalue weighted by molar-refractivity contribution is 8.05. The minimum absolute atomic E-state index is 0.126. The number of carbonyl (C=O) groups is 1. The molecule has 0 saturated carbocycles. The van der Waals surface area contributed by atoms with Crippen molar-refractivity contribution in [1.29, 1.82) is 0 Å². The standard InChI is InChI=1S/C18H16O2S/c1-3-13-5-4-6-15-17(19)16(21-18(13)15)11-12-7-9-14(20-2)10-8-12/h4-11H,3H2,1-2H3/b16-11+. The van der Waals surface area contributed by atoms with Crippen molar-refractivity contribution in [1.82, 2.24) is 0 Å². The van der Waals surface area contributed by atoms with Crippen molar-refractivity contribution in [2.24, 2.45) is 0 Å². The van der Waals surface area contributed by atoms with E-state index in [-0.39, 0.29) is 5.78 Å². The largest absolute Gasteiger partial charge is 0.497 e. The first-order valence-corrected chi connectivity index (χ1v) is 7.74. The third-order valence-corrected chi connectivity index (χ3v) is 4.78. The average Bonchev–Trinajstić information content (AvgIpc) is 2.84. The van der Waals surface area contributed by atoms with Crippen LogP contribution < -0.4 is 4.74 Å². The predicted octanol–water partition coefficient (Wildman–Crippen LogP) is 4.59. The van der Waals surface area contributed by atoms with Crippen molar-refractivity contribution in [2.45, 2.75) is 18.2 Å². The van der Waals surface area contributed by atoms with Crippen LogP contribution in [0.5, 0.6) is 5.75 Å². The lowest BCUT2D eigenvalue weighted by Gasteiger charge is -2.02. The first kappa shape index (κ1) is 14.0. The van der Waals surface area contributed by atoms with Gasteiger partial charge in [-0.3, -0.25) is 4.79 Å². The number of Topliss-reactive ketones (excluding diaryl/α,β-unsaturated/α-hetero) is 1. The molecule has 21 heavy (non-hydrogen) atoms. The molecule has 1 aliphatic rings. The van der Waals surface area contributed by atoms with Crippen molar-refractivity contribution < 1.29 is 9.53 Å². The highest BCUT2D eigenvalue weighted by Crippen LogP contribution is 2.43. The summed E-state index contributed by atoms with van der Waals surface area (Å²) in [5.41, 5.74) is 3.08. The zero-order valence-electron chi connectivity index (χ0n) is 12.1. The van der Waals surface area contributed by atoms with Crippen LogP contribution in [0.2, 0.25) is 0 Å². The fraction of sp³-hybridized carbons (Fsp3) is 0.167. The highest BCUT2D eigenvalue weighted by Gasteiger charge is 2.27. The monoisotopic (exact) mass is 296 g/mol. The number of benzene rings is 2. The van der Waals surface area contributed by atoms with Gasteiger partial charge in [-0.05, 0) is 41.8 Å². The lowest BCUT2D eigenvalue weighted by Crippen LogP contribution is -1.95. The van der Waals surface area contributed by atoms with Gasteiger partial charge in [0.2, 0.25) is 5.78 Å². The lowest BCUT2D eigenvalue weighted by molar-refractivity contribution is 0.104. The number of hydrogen-bond acceptors (Lipinski definition) is 3. The van der Waals surface area contributed by atoms with E-state index in [2.05, 4.69) is 13.0 Å². The van der Waals surface area contributed by atoms with Gasteiger partial charge in [0.1, 0.15) is 5.75 Å². The summed E-state index contributed by atoms with van der Waals surface area (Å²) in [7, 11) is 1.65. The van der Waals surface area contributed by atoms with E-state index in [1.165, 1.54) is 5.56 Å². The van der Waals surface area contributed by atoms with Crippen LogP contribution in [-0.4, -0.2) is 12.9 Å². The van der Waals surface area contributed by atoms with Crippen molar-refractivity contribution >= 4 is 23.6 Å². The molecule has 0 radical (unpaired) electrons. The first-order valence-electron chi connectivity index (χ1n) is 6.93. The van der Waals surface area contributed by atoms with Crippen LogP contribution in [0, 0.1) is 0 Å². The zero-order chi connectivity index (χ0) is 14.8. The van der Waals surface area contributed by atoms with Gasteiger partial charge in [-0.15, -0.1) is 0 Å². The number of carbonyl (C=O) groups excluding carboxylic acids is 1. The maximum atomic E-state index is 12.5. The molecule has 0 fully saturated rings. The molecule has 0 atom stereocenters. The van der Waals surface area contributed by atoms with Crippen molar-refractivity contribution in [2.75, 3.05) is 7.11 Å². The molecule has 3 heteroatoms. The number of ketones is 1. The summed E-state index contributed by atoms with van der Waals surface area (Å²) in [4.78, 5) is 14.4. The third kappa shape index (κ3) is 2.61. The molecule has 0 unspecified atom stereocenters. The SMILES string of the molecule is CCc1cccc2c1S/C(=C/c1ccc(OC)cc1)C2=O. The maximum absolute atomic E-state index is 12.5. The van der Waals surface area contributed by atoms with Crippen LogP contribution in [0.1, 0.15) is 28.4 Å². The van der Waals surface area contributed by atoms with E-state index in [9.17, 15) is 4.79 Å². The first-order chi connectivity index (χ1) is 10.2. The number of hydrogen-bond donors (Lipinski definition) is 0. The third-order valence-electron chi connectivity index (χ3n) is 3.57. The Bertz CT molecular complexity index is 714. The highest BCUT2D eigenvalue weighted by atomic mass is 32.2. The second kappa shape index (κ2) is 5.78. The molecule has 2 nitrogen and oxygen atoms in total. The van der Waals surface area contributed by atoms with Gasteiger partial charge in [0.25, 0.3) is 0 Å². The molecule has 0 aromatic heterocycles. The number of ether oxygens (including phenoxy) is 1. The molecule has 0 aliphatic carbocycles. The number of rotatable bonds is 3. The number of aryl methyl sites for hydroxylation is 1. The Balaban J connectivity index is 1.94. The number of fused-ring (bicyclic) bond motifs is 1. The van der Waals surface area contributed by atoms with Gasteiger partial charge in [-0.25, -0.2) is 0 Å². The fourth-order valence-electron chi connectivity index (χ4n) is 2.40. The van der Waals surface area contributed by atoms with Crippen LogP contribution >= 0.6 is 11.8 Å². The molecule has 1 aliphatic heterocycles. The maximum Gasteiger partial charge on any atom is 0.200 e. The lowest BCUT2D eigenvalue weighted by atomic mass is 10.0. The number of thioether (sulfide) groups is 1. The second-order valence-corrected chi connectivity index (χ2v) is 5.91. The van der Waals surface area contributed by atoms with Crippen LogP contribution in [-0.2, 0) is 6.42 Å². The Morgan fingerprint density at radius 1 is 1.14 bits per heavy atom. The Kier molecular flexibility index (Phi) is 3.84. The average molecular weight is 296 g/mol. The van der Waals surface area contributed by atoms with E-state index in [1.54, 1.807) is 18.9 Å². The van der Waals surface area contributed by atoms with E-state index in [4.69, 9.17) is 4.74 Å². The van der Waals surface area contributed by atoms with Gasteiger partial charge >= 0.3 is 0 Å². The van der Waals surface area contributed by atoms with Gasteiger partial charge in [0.05, 0.1) is 12.0 Å². The van der Waals surface area contributed by atoms with E-state index in [0.717, 1.165) is 33.1 Å². The molecule has 0 amide bonds. The molecule has 2 aromatic rings. The summed E-state index contributed by atoms with van der Waals surface area (Å²) in [6.07, 6.45) is 2.89. The van der Waals surface area contributed by atoms with Crippen LogP contribution in [0.15, 0.2) is 52.3 Å². The molecule has 0 N–H and O–H groups in total. The molecular formula is C18H16O2S. The molecular weight excluding hydrogens is 280 g/mol. The number of allylic oxidation sites excluding steroid dienone is 1. The van der Waals surface area contributed by atoms with Gasteiger partial charge in [0, 0.05) is 10.5 Å². The summed E-state index contributed by atoms with van der Waals surface area (Å²) in [5.74, 6) is 0.945. The summed E-state index contributed by atoms with van der Waals surface area (Å²) >= 11 is 1.58. The molecule has 1 heterocycles. The Morgan fingerprint density at radius 2 is 1.90 bits per heavy atom. The van der Waals surface area contributed by atoms with Crippen LogP contribution in [0.25, 0.3) is 6.08 Å². The summed E-state index contributed by atoms with van der Waals surface area (Å²) in [6, 6.07) is 13.7. The minimum atomic E-state index is 0.126. The van der Waals surface area contributed by atoms with Gasteiger partial charge in [-0.1, -0.05) is 43.0 Å². The molecule has 106 valence electrons. The molecule has 2 aromatic carbocycles. The van der Waals surface area contributed by atoms with Crippen molar-refractivity contribution in [3.05, 3.63) is 64.1 Å². The van der Waals surface area contributed by atoms with Gasteiger partial charge in [0.15, 0.2) is 0 Å². The Hall–Kier alpha value is -2.00. The molecule has 0 bridgehead atoms. The Labute approximate surface area is 128 Å². The summed E-state index contributed by atoms with van der Waals surface area (Å²) in [5, 5.41) is 0. The van der Waals surface area contributed by atoms with E-state index in [0.29, 0.717) is 0 Å². The van der Waals surface area contributed by atoms with E-state index >= 15 is 0 Å². The smallest absolute Gasteiger partial charge is 0.200 e. The summed E-state index contributed by atoms with van der Waals surface area (Å²) < 4.78 is 5.15.